The summed E-state index contributed by atoms with van der Waals surface area (Å²) in [6.45, 7) is 0. The highest BCUT2D eigenvalue weighted by Crippen LogP contribution is 2.31. The third-order valence-electron chi connectivity index (χ3n) is 2.90. The summed E-state index contributed by atoms with van der Waals surface area (Å²) >= 11 is 5.22. The second-order valence-corrected chi connectivity index (χ2v) is 5.90. The van der Waals surface area contributed by atoms with Crippen LogP contribution in [0.15, 0.2) is 40.2 Å². The van der Waals surface area contributed by atoms with E-state index in [0.29, 0.717) is 0 Å². The minimum atomic E-state index is -0.380. The molecule has 4 nitrogen and oxygen atoms in total. The number of nitro groups is 1. The number of likely N-dealkylation sites (N-methyl/N-ethyl adjacent to an activating group) is 1. The minimum absolute atomic E-state index is 0.127. The first-order chi connectivity index (χ1) is 9.11. The Balaban J connectivity index is 2.15. The quantitative estimate of drug-likeness (QED) is 0.662. The van der Waals surface area contributed by atoms with Crippen molar-refractivity contribution in [3.05, 3.63) is 60.7 Å². The summed E-state index contributed by atoms with van der Waals surface area (Å²) in [6, 6.07) is 8.95. The van der Waals surface area contributed by atoms with Gasteiger partial charge in [0.1, 0.15) is 0 Å². The fourth-order valence-corrected chi connectivity index (χ4v) is 3.63. The summed E-state index contributed by atoms with van der Waals surface area (Å²) in [4.78, 5) is 11.5. The number of nitrogens with zero attached hydrogens (tertiary/aromatic N) is 1. The van der Waals surface area contributed by atoms with Gasteiger partial charge in [-0.2, -0.15) is 0 Å². The molecule has 2 rings (SSSR count). The predicted molar refractivity (Wildman–Crippen MR) is 80.6 cm³/mol. The maximum absolute atomic E-state index is 10.6. The Bertz CT molecular complexity index is 568. The largest absolute Gasteiger partial charge is 0.312 e. The third-order valence-corrected chi connectivity index (χ3v) is 4.88. The highest BCUT2D eigenvalue weighted by atomic mass is 79.9. The van der Waals surface area contributed by atoms with Gasteiger partial charge in [0, 0.05) is 27.5 Å². The van der Waals surface area contributed by atoms with E-state index >= 15 is 0 Å². The zero-order valence-corrected chi connectivity index (χ0v) is 12.7. The van der Waals surface area contributed by atoms with E-state index in [2.05, 4.69) is 21.2 Å². The molecule has 0 spiro atoms. The van der Waals surface area contributed by atoms with E-state index in [4.69, 9.17) is 0 Å². The van der Waals surface area contributed by atoms with E-state index in [1.165, 1.54) is 4.88 Å². The maximum Gasteiger partial charge on any atom is 0.269 e. The maximum atomic E-state index is 10.6. The molecule has 19 heavy (non-hydrogen) atoms. The van der Waals surface area contributed by atoms with Gasteiger partial charge in [-0.1, -0.05) is 12.1 Å². The summed E-state index contributed by atoms with van der Waals surface area (Å²) in [5, 5.41) is 15.9. The number of hydrogen-bond acceptors (Lipinski definition) is 4. The van der Waals surface area contributed by atoms with E-state index in [9.17, 15) is 10.1 Å². The van der Waals surface area contributed by atoms with Crippen molar-refractivity contribution in [3.8, 4) is 0 Å². The Kier molecular flexibility index (Phi) is 4.68. The molecule has 1 unspecified atom stereocenters. The van der Waals surface area contributed by atoms with Crippen molar-refractivity contribution in [2.75, 3.05) is 7.05 Å². The van der Waals surface area contributed by atoms with Crippen LogP contribution in [0, 0.1) is 10.1 Å². The molecule has 100 valence electrons. The van der Waals surface area contributed by atoms with Crippen molar-refractivity contribution in [1.82, 2.24) is 5.32 Å². The molecule has 0 aliphatic heterocycles. The van der Waals surface area contributed by atoms with Crippen LogP contribution < -0.4 is 5.32 Å². The van der Waals surface area contributed by atoms with Crippen molar-refractivity contribution in [2.45, 2.75) is 12.5 Å². The van der Waals surface area contributed by atoms with Crippen molar-refractivity contribution < 1.29 is 4.92 Å². The van der Waals surface area contributed by atoms with Gasteiger partial charge in [0.2, 0.25) is 0 Å². The van der Waals surface area contributed by atoms with E-state index in [1.54, 1.807) is 23.5 Å². The molecule has 2 aromatic rings. The molecule has 0 aliphatic rings. The highest BCUT2D eigenvalue weighted by Gasteiger charge is 2.15. The molecule has 1 N–H and O–H groups in total. The average Bonchev–Trinajstić information content (AvgIpc) is 2.83. The standard InChI is InChI=1S/C13H13BrN2O2S/c1-15-12(13-11(14)6-7-19-13)8-9-2-4-10(5-3-9)16(17)18/h2-7,12,15H,8H2,1H3. The van der Waals surface area contributed by atoms with Gasteiger partial charge >= 0.3 is 0 Å². The van der Waals surface area contributed by atoms with Gasteiger partial charge < -0.3 is 5.32 Å². The lowest BCUT2D eigenvalue weighted by Gasteiger charge is -2.15. The second-order valence-electron chi connectivity index (χ2n) is 4.10. The van der Waals surface area contributed by atoms with Crippen LogP contribution in [0.4, 0.5) is 5.69 Å². The first kappa shape index (κ1) is 14.2. The lowest BCUT2D eigenvalue weighted by Crippen LogP contribution is -2.18. The fraction of sp³-hybridized carbons (Fsp3) is 0.231. The van der Waals surface area contributed by atoms with Crippen LogP contribution in [0.2, 0.25) is 0 Å². The van der Waals surface area contributed by atoms with Gasteiger partial charge in [-0.15, -0.1) is 11.3 Å². The number of benzene rings is 1. The summed E-state index contributed by atoms with van der Waals surface area (Å²) in [5.41, 5.74) is 1.20. The molecule has 6 heteroatoms. The van der Waals surface area contributed by atoms with Crippen LogP contribution in [0.25, 0.3) is 0 Å². The number of non-ortho nitro benzene ring substituents is 1. The molecule has 0 fully saturated rings. The Morgan fingerprint density at radius 2 is 2.05 bits per heavy atom. The lowest BCUT2D eigenvalue weighted by atomic mass is 10.0. The highest BCUT2D eigenvalue weighted by molar-refractivity contribution is 9.10. The molecule has 0 bridgehead atoms. The second kappa shape index (κ2) is 6.27. The summed E-state index contributed by atoms with van der Waals surface area (Å²) in [5.74, 6) is 0. The lowest BCUT2D eigenvalue weighted by molar-refractivity contribution is -0.384. The monoisotopic (exact) mass is 340 g/mol. The van der Waals surface area contributed by atoms with Crippen molar-refractivity contribution in [2.24, 2.45) is 0 Å². The van der Waals surface area contributed by atoms with Gasteiger partial charge in [-0.3, -0.25) is 10.1 Å². The number of halogens is 1. The van der Waals surface area contributed by atoms with Crippen molar-refractivity contribution >= 4 is 33.0 Å². The summed E-state index contributed by atoms with van der Waals surface area (Å²) in [7, 11) is 1.92. The number of hydrogen-bond donors (Lipinski definition) is 1. The van der Waals surface area contributed by atoms with Crippen LogP contribution in [0.1, 0.15) is 16.5 Å². The van der Waals surface area contributed by atoms with Gasteiger partial charge in [0.15, 0.2) is 0 Å². The van der Waals surface area contributed by atoms with E-state index in [-0.39, 0.29) is 16.7 Å². The van der Waals surface area contributed by atoms with Crippen LogP contribution >= 0.6 is 27.3 Å². The van der Waals surface area contributed by atoms with Crippen molar-refractivity contribution in [3.63, 3.8) is 0 Å². The molecular formula is C13H13BrN2O2S. The summed E-state index contributed by atoms with van der Waals surface area (Å²) in [6.07, 6.45) is 0.799. The molecule has 1 aromatic carbocycles. The number of rotatable bonds is 5. The van der Waals surface area contributed by atoms with Crippen LogP contribution in [-0.2, 0) is 6.42 Å². The third kappa shape index (κ3) is 3.40. The molecule has 1 heterocycles. The Morgan fingerprint density at radius 3 is 2.53 bits per heavy atom. The molecule has 1 aromatic heterocycles. The van der Waals surface area contributed by atoms with Gasteiger partial charge in [-0.25, -0.2) is 0 Å². The Hall–Kier alpha value is -1.24. The van der Waals surface area contributed by atoms with Crippen LogP contribution in [-0.4, -0.2) is 12.0 Å². The first-order valence-electron chi connectivity index (χ1n) is 5.75. The van der Waals surface area contributed by atoms with Crippen molar-refractivity contribution in [1.29, 1.82) is 0 Å². The molecule has 0 aliphatic carbocycles. The molecule has 0 amide bonds. The number of nitro benzene ring substituents is 1. The van der Waals surface area contributed by atoms with Gasteiger partial charge in [-0.05, 0) is 46.4 Å². The van der Waals surface area contributed by atoms with Crippen LogP contribution in [0.3, 0.4) is 0 Å². The predicted octanol–water partition coefficient (Wildman–Crippen LogP) is 3.92. The first-order valence-corrected chi connectivity index (χ1v) is 7.42. The van der Waals surface area contributed by atoms with Crippen LogP contribution in [0.5, 0.6) is 0 Å². The zero-order valence-electron chi connectivity index (χ0n) is 10.3. The fourth-order valence-electron chi connectivity index (χ4n) is 1.87. The van der Waals surface area contributed by atoms with E-state index < -0.39 is 0 Å². The SMILES string of the molecule is CNC(Cc1ccc([N+](=O)[O-])cc1)c1sccc1Br. The van der Waals surface area contributed by atoms with E-state index in [0.717, 1.165) is 16.5 Å². The zero-order chi connectivity index (χ0) is 13.8. The average molecular weight is 341 g/mol. The molecule has 0 saturated carbocycles. The molecule has 1 atom stereocenters. The summed E-state index contributed by atoms with van der Waals surface area (Å²) < 4.78 is 1.10. The molecular weight excluding hydrogens is 328 g/mol. The van der Waals surface area contributed by atoms with E-state index in [1.807, 2.05) is 30.6 Å². The number of thiophene rings is 1. The molecule has 0 saturated heterocycles. The Morgan fingerprint density at radius 1 is 1.37 bits per heavy atom. The van der Waals surface area contributed by atoms with Gasteiger partial charge in [0.05, 0.1) is 4.92 Å². The van der Waals surface area contributed by atoms with Gasteiger partial charge in [0.25, 0.3) is 5.69 Å². The number of nitrogens with one attached hydrogen (secondary N) is 1. The topological polar surface area (TPSA) is 55.2 Å². The Labute approximate surface area is 123 Å². The smallest absolute Gasteiger partial charge is 0.269 e. The normalized spacial score (nSPS) is 12.3. The molecule has 0 radical (unpaired) electrons. The minimum Gasteiger partial charge on any atom is -0.312 e.